The highest BCUT2D eigenvalue weighted by Crippen LogP contribution is 2.62. The number of carbonyl (C=O) groups is 3. The molecule has 4 aliphatic rings. The van der Waals surface area contributed by atoms with Gasteiger partial charge in [-0.2, -0.15) is 0 Å². The maximum absolute atomic E-state index is 14.8. The topological polar surface area (TPSA) is 90.4 Å². The Morgan fingerprint density at radius 1 is 0.841 bits per heavy atom. The lowest BCUT2D eigenvalue weighted by atomic mass is 9.78. The van der Waals surface area contributed by atoms with Crippen molar-refractivity contribution in [1.29, 1.82) is 0 Å². The minimum Gasteiger partial charge on any atom is -0.497 e. The summed E-state index contributed by atoms with van der Waals surface area (Å²) in [6.07, 6.45) is 7.96. The molecule has 2 saturated heterocycles. The van der Waals surface area contributed by atoms with Crippen LogP contribution in [-0.2, 0) is 14.4 Å². The van der Waals surface area contributed by atoms with Gasteiger partial charge in [0.2, 0.25) is 11.8 Å². The molecule has 4 aliphatic heterocycles. The molecule has 4 heterocycles. The molecule has 8 nitrogen and oxygen atoms in total. The fourth-order valence-electron chi connectivity index (χ4n) is 7.28. The van der Waals surface area contributed by atoms with Gasteiger partial charge in [-0.05, 0) is 42.0 Å². The highest BCUT2D eigenvalue weighted by atomic mass is 32.2. The number of benzene rings is 3. The average Bonchev–Trinajstić information content (AvgIpc) is 3.37. The number of methoxy groups -OCH3 is 1. The van der Waals surface area contributed by atoms with Gasteiger partial charge in [0.1, 0.15) is 11.8 Å². The number of thioether (sulfide) groups is 1. The molecule has 0 aromatic heterocycles. The van der Waals surface area contributed by atoms with E-state index >= 15 is 0 Å². The molecule has 0 radical (unpaired) electrons. The first kappa shape index (κ1) is 28.4. The first-order chi connectivity index (χ1) is 21.5. The van der Waals surface area contributed by atoms with Crippen LogP contribution in [0.3, 0.4) is 0 Å². The van der Waals surface area contributed by atoms with Crippen LogP contribution in [0.1, 0.15) is 11.6 Å². The minimum absolute atomic E-state index is 0.133. The molecule has 44 heavy (non-hydrogen) atoms. The Bertz CT molecular complexity index is 1630. The monoisotopic (exact) mass is 607 g/mol. The van der Waals surface area contributed by atoms with Gasteiger partial charge in [-0.15, -0.1) is 11.8 Å². The van der Waals surface area contributed by atoms with Gasteiger partial charge in [0.05, 0.1) is 36.3 Å². The predicted molar refractivity (Wildman–Crippen MR) is 170 cm³/mol. The Labute approximate surface area is 260 Å². The van der Waals surface area contributed by atoms with Crippen molar-refractivity contribution in [1.82, 2.24) is 4.90 Å². The van der Waals surface area contributed by atoms with Crippen LogP contribution in [0.5, 0.6) is 5.75 Å². The van der Waals surface area contributed by atoms with Crippen LogP contribution >= 0.6 is 11.8 Å². The third-order valence-corrected chi connectivity index (χ3v) is 11.0. The molecule has 7 rings (SSSR count). The highest BCUT2D eigenvalue weighted by Gasteiger charge is 2.72. The standard InChI is InChI=1S/C35H33N3O5S/c1-43-26-17-15-25(16-18-26)37-21-9-19-35-30(29-28(44-35)14-8-20-36(32(29)40)24-12-6-3-7-13-24)33(41)38(31(35)34(37)42)27(22-39)23-10-4-2-5-11-23/h2-19,27-31,39H,20-22H2,1H3/t27-,28+,29-,30+,31?,35+/m1/s1. The fraction of sp³-hybridized carbons (Fsp3) is 0.286. The van der Waals surface area contributed by atoms with E-state index in [0.29, 0.717) is 24.5 Å². The van der Waals surface area contributed by atoms with Gasteiger partial charge in [-0.25, -0.2) is 0 Å². The van der Waals surface area contributed by atoms with Gasteiger partial charge < -0.3 is 24.5 Å². The average molecular weight is 608 g/mol. The van der Waals surface area contributed by atoms with Crippen molar-refractivity contribution < 1.29 is 24.2 Å². The molecule has 0 bridgehead atoms. The van der Waals surface area contributed by atoms with E-state index in [0.717, 1.165) is 11.3 Å². The van der Waals surface area contributed by atoms with Gasteiger partial charge in [0.15, 0.2) is 0 Å². The number of aliphatic hydroxyl groups is 1. The number of fused-ring (bicyclic) bond motifs is 2. The molecule has 0 aliphatic carbocycles. The lowest BCUT2D eigenvalue weighted by Gasteiger charge is -2.38. The van der Waals surface area contributed by atoms with Crippen molar-refractivity contribution in [2.45, 2.75) is 22.1 Å². The number of hydrogen-bond donors (Lipinski definition) is 1. The van der Waals surface area contributed by atoms with E-state index in [1.807, 2.05) is 97.1 Å². The van der Waals surface area contributed by atoms with Crippen molar-refractivity contribution in [2.75, 3.05) is 36.6 Å². The summed E-state index contributed by atoms with van der Waals surface area (Å²) in [5.41, 5.74) is 2.18. The van der Waals surface area contributed by atoms with E-state index < -0.39 is 28.7 Å². The number of carbonyl (C=O) groups excluding carboxylic acids is 3. The Kier molecular flexibility index (Phi) is 7.30. The molecule has 0 saturated carbocycles. The maximum Gasteiger partial charge on any atom is 0.251 e. The summed E-state index contributed by atoms with van der Waals surface area (Å²) in [5.74, 6) is -1.47. The third kappa shape index (κ3) is 4.37. The number of aliphatic hydroxyl groups excluding tert-OH is 1. The first-order valence-corrected chi connectivity index (χ1v) is 15.7. The van der Waals surface area contributed by atoms with E-state index in [2.05, 4.69) is 0 Å². The molecule has 3 aromatic carbocycles. The van der Waals surface area contributed by atoms with Crippen LogP contribution in [0.15, 0.2) is 109 Å². The van der Waals surface area contributed by atoms with E-state index in [1.54, 1.807) is 33.9 Å². The molecule has 3 aromatic rings. The smallest absolute Gasteiger partial charge is 0.251 e. The van der Waals surface area contributed by atoms with Gasteiger partial charge in [0, 0.05) is 29.7 Å². The summed E-state index contributed by atoms with van der Waals surface area (Å²) in [4.78, 5) is 49.1. The molecule has 1 unspecified atom stereocenters. The summed E-state index contributed by atoms with van der Waals surface area (Å²) in [6.45, 7) is 0.348. The maximum atomic E-state index is 14.8. The van der Waals surface area contributed by atoms with Crippen molar-refractivity contribution in [2.24, 2.45) is 11.8 Å². The second-order valence-electron chi connectivity index (χ2n) is 11.5. The fourth-order valence-corrected chi connectivity index (χ4v) is 9.27. The summed E-state index contributed by atoms with van der Waals surface area (Å²) in [7, 11) is 1.59. The Morgan fingerprint density at radius 3 is 2.16 bits per heavy atom. The Morgan fingerprint density at radius 2 is 1.48 bits per heavy atom. The summed E-state index contributed by atoms with van der Waals surface area (Å²) >= 11 is 1.53. The normalized spacial score (nSPS) is 28.3. The number of ether oxygens (including phenoxy) is 1. The van der Waals surface area contributed by atoms with Gasteiger partial charge in [-0.3, -0.25) is 14.4 Å². The lowest BCUT2D eigenvalue weighted by Crippen LogP contribution is -2.54. The van der Waals surface area contributed by atoms with Crippen LogP contribution in [0, 0.1) is 11.8 Å². The Hall–Kier alpha value is -4.34. The lowest BCUT2D eigenvalue weighted by molar-refractivity contribution is -0.141. The number of anilines is 2. The quantitative estimate of drug-likeness (QED) is 0.422. The molecular formula is C35H33N3O5S. The number of nitrogens with zero attached hydrogens (tertiary/aromatic N) is 3. The van der Waals surface area contributed by atoms with Gasteiger partial charge in [0.25, 0.3) is 5.91 Å². The first-order valence-electron chi connectivity index (χ1n) is 14.8. The number of hydrogen-bond acceptors (Lipinski definition) is 6. The van der Waals surface area contributed by atoms with Crippen molar-refractivity contribution in [3.05, 3.63) is 115 Å². The molecule has 6 atom stereocenters. The zero-order valence-corrected chi connectivity index (χ0v) is 25.0. The molecule has 3 amide bonds. The second kappa shape index (κ2) is 11.3. The SMILES string of the molecule is COc1ccc(N2CC=C[C@]34S[C@H]5C=CCN(c6ccccc6)C(=O)[C@H]5[C@H]3C(=O)N([C@H](CO)c3ccccc3)C4C2=O)cc1. The van der Waals surface area contributed by atoms with Crippen LogP contribution < -0.4 is 14.5 Å². The molecule has 1 spiro atoms. The highest BCUT2D eigenvalue weighted by molar-refractivity contribution is 8.02. The van der Waals surface area contributed by atoms with Gasteiger partial charge >= 0.3 is 0 Å². The minimum atomic E-state index is -1.01. The van der Waals surface area contributed by atoms with Crippen LogP contribution in [-0.4, -0.2) is 70.6 Å². The third-order valence-electron chi connectivity index (χ3n) is 9.24. The molecule has 2 fully saturated rings. The zero-order chi connectivity index (χ0) is 30.4. The van der Waals surface area contributed by atoms with Crippen LogP contribution in [0.4, 0.5) is 11.4 Å². The predicted octanol–water partition coefficient (Wildman–Crippen LogP) is 4.23. The zero-order valence-electron chi connectivity index (χ0n) is 24.2. The van der Waals surface area contributed by atoms with Crippen molar-refractivity contribution >= 4 is 40.9 Å². The van der Waals surface area contributed by atoms with Crippen LogP contribution in [0.25, 0.3) is 0 Å². The van der Waals surface area contributed by atoms with E-state index in [-0.39, 0.29) is 29.6 Å². The van der Waals surface area contributed by atoms with E-state index in [1.165, 1.54) is 11.8 Å². The number of amides is 3. The largest absolute Gasteiger partial charge is 0.497 e. The van der Waals surface area contributed by atoms with Crippen molar-refractivity contribution in [3.63, 3.8) is 0 Å². The molecular weight excluding hydrogens is 574 g/mol. The number of rotatable bonds is 6. The van der Waals surface area contributed by atoms with E-state index in [4.69, 9.17) is 4.74 Å². The second-order valence-corrected chi connectivity index (χ2v) is 12.9. The number of para-hydroxylation sites is 1. The summed E-state index contributed by atoms with van der Waals surface area (Å²) in [6, 6.07) is 24.4. The summed E-state index contributed by atoms with van der Waals surface area (Å²) in [5, 5.41) is 10.5. The van der Waals surface area contributed by atoms with Crippen molar-refractivity contribution in [3.8, 4) is 5.75 Å². The van der Waals surface area contributed by atoms with Gasteiger partial charge in [-0.1, -0.05) is 72.8 Å². The summed E-state index contributed by atoms with van der Waals surface area (Å²) < 4.78 is 4.32. The van der Waals surface area contributed by atoms with E-state index in [9.17, 15) is 19.5 Å². The van der Waals surface area contributed by atoms with Crippen LogP contribution in [0.2, 0.25) is 0 Å². The molecule has 224 valence electrons. The molecule has 9 heteroatoms. The number of likely N-dealkylation sites (tertiary alicyclic amines) is 1. The Balaban J connectivity index is 1.36. The molecule has 1 N–H and O–H groups in total.